The highest BCUT2D eigenvalue weighted by Gasteiger charge is 2.24. The van der Waals surface area contributed by atoms with Gasteiger partial charge in [0.1, 0.15) is 18.4 Å². The van der Waals surface area contributed by atoms with Crippen molar-refractivity contribution in [1.82, 2.24) is 9.80 Å². The normalized spacial score (nSPS) is 15.2. The van der Waals surface area contributed by atoms with E-state index in [1.54, 1.807) is 0 Å². The first-order chi connectivity index (χ1) is 15.7. The second-order valence-electron chi connectivity index (χ2n) is 8.25. The van der Waals surface area contributed by atoms with Gasteiger partial charge in [-0.3, -0.25) is 9.69 Å². The van der Waals surface area contributed by atoms with Gasteiger partial charge in [-0.15, -0.1) is 0 Å². The molecule has 32 heavy (non-hydrogen) atoms. The quantitative estimate of drug-likeness (QED) is 0.576. The first kappa shape index (κ1) is 21.9. The molecular formula is C27H31N3O2. The van der Waals surface area contributed by atoms with Crippen LogP contribution in [-0.4, -0.2) is 47.9 Å². The van der Waals surface area contributed by atoms with E-state index in [4.69, 9.17) is 4.74 Å². The topological polar surface area (TPSA) is 44.8 Å². The second kappa shape index (κ2) is 10.8. The van der Waals surface area contributed by atoms with Crippen LogP contribution in [0, 0.1) is 0 Å². The predicted molar refractivity (Wildman–Crippen MR) is 129 cm³/mol. The number of nitrogens with one attached hydrogen (secondary N) is 1. The van der Waals surface area contributed by atoms with E-state index < -0.39 is 0 Å². The fraction of sp³-hybridized carbons (Fsp3) is 0.296. The van der Waals surface area contributed by atoms with Crippen molar-refractivity contribution in [2.45, 2.75) is 26.1 Å². The number of hydrogen-bond acceptors (Lipinski definition) is 4. The van der Waals surface area contributed by atoms with Crippen LogP contribution in [0.3, 0.4) is 0 Å². The number of amides is 1. The molecule has 3 aromatic rings. The Morgan fingerprint density at radius 3 is 2.06 bits per heavy atom. The van der Waals surface area contributed by atoms with E-state index in [0.717, 1.165) is 49.7 Å². The lowest BCUT2D eigenvalue weighted by atomic mass is 10.2. The highest BCUT2D eigenvalue weighted by Crippen LogP contribution is 2.18. The van der Waals surface area contributed by atoms with E-state index in [9.17, 15) is 4.79 Å². The fourth-order valence-corrected chi connectivity index (χ4v) is 3.94. The SMILES string of the molecule is C[C@@H](Nc1ccc(OCc2ccccc2)cc1)C(=O)N1CCN(Cc2ccccc2)CC1. The van der Waals surface area contributed by atoms with Gasteiger partial charge in [0.05, 0.1) is 0 Å². The highest BCUT2D eigenvalue weighted by atomic mass is 16.5. The van der Waals surface area contributed by atoms with E-state index >= 15 is 0 Å². The molecule has 1 N–H and O–H groups in total. The summed E-state index contributed by atoms with van der Waals surface area (Å²) in [5.41, 5.74) is 3.37. The predicted octanol–water partition coefficient (Wildman–Crippen LogP) is 4.41. The van der Waals surface area contributed by atoms with E-state index in [2.05, 4.69) is 34.5 Å². The van der Waals surface area contributed by atoms with Crippen molar-refractivity contribution in [2.24, 2.45) is 0 Å². The summed E-state index contributed by atoms with van der Waals surface area (Å²) >= 11 is 0. The Morgan fingerprint density at radius 2 is 1.44 bits per heavy atom. The van der Waals surface area contributed by atoms with Crippen molar-refractivity contribution in [3.63, 3.8) is 0 Å². The summed E-state index contributed by atoms with van der Waals surface area (Å²) in [6.45, 7) is 6.75. The number of nitrogens with zero attached hydrogens (tertiary/aromatic N) is 2. The Bertz CT molecular complexity index is 969. The number of carbonyl (C=O) groups excluding carboxylic acids is 1. The maximum absolute atomic E-state index is 12.9. The van der Waals surface area contributed by atoms with Gasteiger partial charge < -0.3 is 15.0 Å². The minimum absolute atomic E-state index is 0.147. The zero-order valence-corrected chi connectivity index (χ0v) is 18.6. The Kier molecular flexibility index (Phi) is 7.41. The van der Waals surface area contributed by atoms with E-state index in [-0.39, 0.29) is 11.9 Å². The number of anilines is 1. The molecule has 1 aliphatic heterocycles. The van der Waals surface area contributed by atoms with Crippen LogP contribution >= 0.6 is 0 Å². The third-order valence-corrected chi connectivity index (χ3v) is 5.79. The zero-order valence-electron chi connectivity index (χ0n) is 18.6. The fourth-order valence-electron chi connectivity index (χ4n) is 3.94. The van der Waals surface area contributed by atoms with Gasteiger partial charge in [0, 0.05) is 38.4 Å². The maximum Gasteiger partial charge on any atom is 0.244 e. The molecule has 1 saturated heterocycles. The molecule has 1 aliphatic rings. The van der Waals surface area contributed by atoms with Gasteiger partial charge in [-0.2, -0.15) is 0 Å². The van der Waals surface area contributed by atoms with Crippen molar-refractivity contribution >= 4 is 11.6 Å². The summed E-state index contributed by atoms with van der Waals surface area (Å²) in [4.78, 5) is 17.3. The van der Waals surface area contributed by atoms with Crippen molar-refractivity contribution in [3.05, 3.63) is 96.1 Å². The number of hydrogen-bond donors (Lipinski definition) is 1. The largest absolute Gasteiger partial charge is 0.489 e. The molecule has 0 saturated carbocycles. The molecular weight excluding hydrogens is 398 g/mol. The van der Waals surface area contributed by atoms with Gasteiger partial charge in [0.15, 0.2) is 0 Å². The third kappa shape index (κ3) is 6.11. The summed E-state index contributed by atoms with van der Waals surface area (Å²) in [5, 5.41) is 3.33. The first-order valence-electron chi connectivity index (χ1n) is 11.3. The molecule has 0 radical (unpaired) electrons. The molecule has 0 bridgehead atoms. The minimum atomic E-state index is -0.272. The van der Waals surface area contributed by atoms with Gasteiger partial charge in [0.25, 0.3) is 0 Å². The molecule has 0 aromatic heterocycles. The molecule has 1 atom stereocenters. The maximum atomic E-state index is 12.9. The Balaban J connectivity index is 1.22. The number of piperazine rings is 1. The van der Waals surface area contributed by atoms with Gasteiger partial charge >= 0.3 is 0 Å². The van der Waals surface area contributed by atoms with Crippen LogP contribution in [0.4, 0.5) is 5.69 Å². The number of benzene rings is 3. The number of carbonyl (C=O) groups is 1. The standard InChI is InChI=1S/C27H31N3O2/c1-22(27(31)30-18-16-29(17-19-30)20-23-8-4-2-5-9-23)28-25-12-14-26(15-13-25)32-21-24-10-6-3-7-11-24/h2-15,22,28H,16-21H2,1H3/t22-/m1/s1. The van der Waals surface area contributed by atoms with Gasteiger partial charge in [-0.25, -0.2) is 0 Å². The first-order valence-corrected chi connectivity index (χ1v) is 11.3. The van der Waals surface area contributed by atoms with E-state index in [1.165, 1.54) is 5.56 Å². The van der Waals surface area contributed by atoms with Crippen LogP contribution in [0.15, 0.2) is 84.9 Å². The van der Waals surface area contributed by atoms with Gasteiger partial charge in [-0.05, 0) is 42.3 Å². The van der Waals surface area contributed by atoms with Crippen molar-refractivity contribution in [1.29, 1.82) is 0 Å². The van der Waals surface area contributed by atoms with Crippen LogP contribution in [0.25, 0.3) is 0 Å². The van der Waals surface area contributed by atoms with Crippen LogP contribution in [0.1, 0.15) is 18.1 Å². The van der Waals surface area contributed by atoms with E-state index in [1.807, 2.05) is 72.5 Å². The number of ether oxygens (including phenoxy) is 1. The third-order valence-electron chi connectivity index (χ3n) is 5.79. The zero-order chi connectivity index (χ0) is 22.2. The molecule has 0 spiro atoms. The average molecular weight is 430 g/mol. The summed E-state index contributed by atoms with van der Waals surface area (Å²) in [5.74, 6) is 0.960. The van der Waals surface area contributed by atoms with Crippen molar-refractivity contribution < 1.29 is 9.53 Å². The van der Waals surface area contributed by atoms with E-state index in [0.29, 0.717) is 6.61 Å². The lowest BCUT2D eigenvalue weighted by Crippen LogP contribution is -2.51. The lowest BCUT2D eigenvalue weighted by Gasteiger charge is -2.36. The minimum Gasteiger partial charge on any atom is -0.489 e. The van der Waals surface area contributed by atoms with Gasteiger partial charge in [0.2, 0.25) is 5.91 Å². The Labute approximate surface area is 190 Å². The summed E-state index contributed by atoms with van der Waals surface area (Å²) in [6.07, 6.45) is 0. The van der Waals surface area contributed by atoms with Crippen LogP contribution < -0.4 is 10.1 Å². The molecule has 0 unspecified atom stereocenters. The number of rotatable bonds is 8. The molecule has 5 nitrogen and oxygen atoms in total. The summed E-state index contributed by atoms with van der Waals surface area (Å²) in [7, 11) is 0. The molecule has 5 heteroatoms. The highest BCUT2D eigenvalue weighted by molar-refractivity contribution is 5.84. The molecule has 166 valence electrons. The molecule has 4 rings (SSSR count). The molecule has 0 aliphatic carbocycles. The van der Waals surface area contributed by atoms with Crippen molar-refractivity contribution in [3.8, 4) is 5.75 Å². The van der Waals surface area contributed by atoms with Crippen molar-refractivity contribution in [2.75, 3.05) is 31.5 Å². The Hall–Kier alpha value is -3.31. The summed E-state index contributed by atoms with van der Waals surface area (Å²) in [6, 6.07) is 28.1. The van der Waals surface area contributed by atoms with Crippen LogP contribution in [-0.2, 0) is 17.9 Å². The molecule has 1 amide bonds. The van der Waals surface area contributed by atoms with Crippen LogP contribution in [0.5, 0.6) is 5.75 Å². The summed E-state index contributed by atoms with van der Waals surface area (Å²) < 4.78 is 5.84. The molecule has 1 heterocycles. The molecule has 3 aromatic carbocycles. The van der Waals surface area contributed by atoms with Crippen LogP contribution in [0.2, 0.25) is 0 Å². The lowest BCUT2D eigenvalue weighted by molar-refractivity contribution is -0.133. The second-order valence-corrected chi connectivity index (χ2v) is 8.25. The smallest absolute Gasteiger partial charge is 0.244 e. The molecule has 1 fully saturated rings. The monoisotopic (exact) mass is 429 g/mol. The average Bonchev–Trinajstić information content (AvgIpc) is 2.85. The van der Waals surface area contributed by atoms with Gasteiger partial charge in [-0.1, -0.05) is 60.7 Å². The Morgan fingerprint density at radius 1 is 0.844 bits per heavy atom.